The number of carbonyl (C=O) groups is 1. The SMILES string of the molecule is Cc1[nH]nc(C(N)=O)c1-c1ccc(Cc2ccc(-c3ccc(C(C)(C)CO)cn3)cc2)cc1. The number of carbonyl (C=O) groups excluding carboxylic acids is 1. The van der Waals surface area contributed by atoms with Crippen LogP contribution in [0.5, 0.6) is 0 Å². The number of nitrogens with zero attached hydrogens (tertiary/aromatic N) is 2. The number of amides is 1. The largest absolute Gasteiger partial charge is 0.395 e. The van der Waals surface area contributed by atoms with Crippen molar-refractivity contribution in [1.29, 1.82) is 0 Å². The first-order valence-electron chi connectivity index (χ1n) is 10.9. The average molecular weight is 441 g/mol. The monoisotopic (exact) mass is 440 g/mol. The van der Waals surface area contributed by atoms with Gasteiger partial charge in [0.25, 0.3) is 5.91 Å². The van der Waals surface area contributed by atoms with E-state index in [-0.39, 0.29) is 17.7 Å². The predicted molar refractivity (Wildman–Crippen MR) is 130 cm³/mol. The number of aryl methyl sites for hydroxylation is 1. The maximum atomic E-state index is 11.6. The number of hydrogen-bond acceptors (Lipinski definition) is 4. The van der Waals surface area contributed by atoms with E-state index in [1.807, 2.05) is 51.2 Å². The van der Waals surface area contributed by atoms with Gasteiger partial charge in [0.15, 0.2) is 5.69 Å². The van der Waals surface area contributed by atoms with E-state index in [1.165, 1.54) is 11.1 Å². The van der Waals surface area contributed by atoms with Crippen LogP contribution in [0.1, 0.15) is 46.7 Å². The Morgan fingerprint density at radius 1 is 0.970 bits per heavy atom. The summed E-state index contributed by atoms with van der Waals surface area (Å²) < 4.78 is 0. The number of aromatic nitrogens is 3. The number of nitrogens with two attached hydrogens (primary N) is 1. The van der Waals surface area contributed by atoms with Gasteiger partial charge in [0.2, 0.25) is 0 Å². The highest BCUT2D eigenvalue weighted by molar-refractivity contribution is 5.98. The van der Waals surface area contributed by atoms with E-state index < -0.39 is 5.91 Å². The Morgan fingerprint density at radius 2 is 1.58 bits per heavy atom. The van der Waals surface area contributed by atoms with Crippen molar-refractivity contribution in [1.82, 2.24) is 15.2 Å². The van der Waals surface area contributed by atoms with Crippen LogP contribution in [-0.2, 0) is 11.8 Å². The van der Waals surface area contributed by atoms with Crippen LogP contribution in [0.25, 0.3) is 22.4 Å². The first-order chi connectivity index (χ1) is 15.8. The fourth-order valence-electron chi connectivity index (χ4n) is 3.84. The van der Waals surface area contributed by atoms with Gasteiger partial charge in [-0.2, -0.15) is 5.10 Å². The molecule has 0 saturated carbocycles. The minimum atomic E-state index is -0.542. The quantitative estimate of drug-likeness (QED) is 0.396. The Morgan fingerprint density at radius 3 is 2.09 bits per heavy atom. The van der Waals surface area contributed by atoms with Crippen molar-refractivity contribution in [2.75, 3.05) is 6.61 Å². The van der Waals surface area contributed by atoms with Crippen LogP contribution < -0.4 is 5.73 Å². The molecule has 6 heteroatoms. The molecule has 0 saturated heterocycles. The number of hydrogen-bond donors (Lipinski definition) is 3. The Hall–Kier alpha value is -3.77. The summed E-state index contributed by atoms with van der Waals surface area (Å²) in [5.74, 6) is -0.542. The van der Waals surface area contributed by atoms with Gasteiger partial charge in [-0.25, -0.2) is 0 Å². The second-order valence-electron chi connectivity index (χ2n) is 8.98. The summed E-state index contributed by atoms with van der Waals surface area (Å²) in [6.45, 7) is 5.95. The van der Waals surface area contributed by atoms with Crippen LogP contribution in [0.4, 0.5) is 0 Å². The predicted octanol–water partition coefficient (Wildman–Crippen LogP) is 4.41. The number of aliphatic hydroxyl groups is 1. The van der Waals surface area contributed by atoms with Crippen molar-refractivity contribution in [3.05, 3.63) is 94.9 Å². The van der Waals surface area contributed by atoms with E-state index >= 15 is 0 Å². The zero-order chi connectivity index (χ0) is 23.6. The molecule has 4 N–H and O–H groups in total. The first-order valence-corrected chi connectivity index (χ1v) is 10.9. The highest BCUT2D eigenvalue weighted by Crippen LogP contribution is 2.27. The van der Waals surface area contributed by atoms with Gasteiger partial charge in [0, 0.05) is 28.4 Å². The van der Waals surface area contributed by atoms with Crippen LogP contribution in [0, 0.1) is 6.92 Å². The molecule has 4 rings (SSSR count). The molecule has 0 fully saturated rings. The number of rotatable bonds is 7. The molecule has 0 aliphatic rings. The molecular formula is C27H28N4O2. The minimum Gasteiger partial charge on any atom is -0.395 e. The van der Waals surface area contributed by atoms with Crippen LogP contribution >= 0.6 is 0 Å². The summed E-state index contributed by atoms with van der Waals surface area (Å²) in [6, 6.07) is 20.5. The fraction of sp³-hybridized carbons (Fsp3) is 0.222. The number of nitrogens with one attached hydrogen (secondary N) is 1. The first kappa shape index (κ1) is 22.4. The second-order valence-corrected chi connectivity index (χ2v) is 8.98. The maximum absolute atomic E-state index is 11.6. The normalized spacial score (nSPS) is 11.5. The van der Waals surface area contributed by atoms with Crippen molar-refractivity contribution >= 4 is 5.91 Å². The smallest absolute Gasteiger partial charge is 0.269 e. The molecule has 4 aromatic rings. The number of H-pyrrole nitrogens is 1. The number of primary amides is 1. The minimum absolute atomic E-state index is 0.0810. The van der Waals surface area contributed by atoms with Gasteiger partial charge in [-0.15, -0.1) is 0 Å². The number of aliphatic hydroxyl groups excluding tert-OH is 1. The molecule has 2 aromatic heterocycles. The lowest BCUT2D eigenvalue weighted by Crippen LogP contribution is -2.22. The molecule has 6 nitrogen and oxygen atoms in total. The molecule has 0 aliphatic carbocycles. The lowest BCUT2D eigenvalue weighted by atomic mass is 9.86. The van der Waals surface area contributed by atoms with Crippen molar-refractivity contribution < 1.29 is 9.90 Å². The molecule has 1 amide bonds. The molecule has 0 unspecified atom stereocenters. The van der Waals surface area contributed by atoms with Gasteiger partial charge in [-0.3, -0.25) is 14.9 Å². The Bertz CT molecular complexity index is 1260. The Labute approximate surface area is 193 Å². The van der Waals surface area contributed by atoms with Crippen LogP contribution in [0.2, 0.25) is 0 Å². The van der Waals surface area contributed by atoms with Crippen molar-refractivity contribution in [3.8, 4) is 22.4 Å². The summed E-state index contributed by atoms with van der Waals surface area (Å²) in [7, 11) is 0. The zero-order valence-corrected chi connectivity index (χ0v) is 19.1. The molecule has 0 spiro atoms. The Balaban J connectivity index is 1.48. The van der Waals surface area contributed by atoms with Crippen molar-refractivity contribution in [2.24, 2.45) is 5.73 Å². The van der Waals surface area contributed by atoms with E-state index in [1.54, 1.807) is 0 Å². The summed E-state index contributed by atoms with van der Waals surface area (Å²) in [5, 5.41) is 16.4. The molecule has 0 atom stereocenters. The van der Waals surface area contributed by atoms with E-state index in [0.29, 0.717) is 0 Å². The van der Waals surface area contributed by atoms with Gasteiger partial charge in [-0.1, -0.05) is 68.4 Å². The van der Waals surface area contributed by atoms with Crippen LogP contribution in [0.3, 0.4) is 0 Å². The van der Waals surface area contributed by atoms with Crippen molar-refractivity contribution in [2.45, 2.75) is 32.6 Å². The maximum Gasteiger partial charge on any atom is 0.269 e. The van der Waals surface area contributed by atoms with Crippen LogP contribution in [0.15, 0.2) is 66.9 Å². The lowest BCUT2D eigenvalue weighted by molar-refractivity contribution is 0.0996. The molecule has 0 bridgehead atoms. The van der Waals surface area contributed by atoms with E-state index in [0.717, 1.165) is 40.1 Å². The van der Waals surface area contributed by atoms with Gasteiger partial charge in [-0.05, 0) is 41.7 Å². The summed E-state index contributed by atoms with van der Waals surface area (Å²) in [4.78, 5) is 16.2. The third kappa shape index (κ3) is 4.71. The molecular weight excluding hydrogens is 412 g/mol. The standard InChI is InChI=1S/C27H28N4O2/c1-17-24(25(26(28)33)31-30-17)21-10-6-19(7-11-21)14-18-4-8-20(9-5-18)23-13-12-22(15-29-23)27(2,3)16-32/h4-13,15,32H,14,16H2,1-3H3,(H2,28,33)(H,30,31). The summed E-state index contributed by atoms with van der Waals surface area (Å²) >= 11 is 0. The molecule has 2 heterocycles. The molecule has 168 valence electrons. The van der Waals surface area contributed by atoms with Gasteiger partial charge < -0.3 is 10.8 Å². The molecule has 33 heavy (non-hydrogen) atoms. The highest BCUT2D eigenvalue weighted by Gasteiger charge is 2.20. The third-order valence-corrected chi connectivity index (χ3v) is 6.02. The lowest BCUT2D eigenvalue weighted by Gasteiger charge is -2.21. The zero-order valence-electron chi connectivity index (χ0n) is 19.1. The van der Waals surface area contributed by atoms with E-state index in [2.05, 4.69) is 51.6 Å². The van der Waals surface area contributed by atoms with Gasteiger partial charge in [0.1, 0.15) is 0 Å². The van der Waals surface area contributed by atoms with E-state index in [4.69, 9.17) is 5.73 Å². The summed E-state index contributed by atoms with van der Waals surface area (Å²) in [5.41, 5.74) is 13.2. The van der Waals surface area contributed by atoms with Gasteiger partial charge >= 0.3 is 0 Å². The number of aromatic amines is 1. The highest BCUT2D eigenvalue weighted by atomic mass is 16.3. The van der Waals surface area contributed by atoms with Gasteiger partial charge in [0.05, 0.1) is 12.3 Å². The molecule has 0 aliphatic heterocycles. The number of benzene rings is 2. The topological polar surface area (TPSA) is 105 Å². The number of pyridine rings is 1. The second kappa shape index (κ2) is 9.00. The summed E-state index contributed by atoms with van der Waals surface area (Å²) in [6.07, 6.45) is 2.64. The fourth-order valence-corrected chi connectivity index (χ4v) is 3.84. The van der Waals surface area contributed by atoms with E-state index in [9.17, 15) is 9.90 Å². The molecule has 2 aromatic carbocycles. The Kier molecular flexibility index (Phi) is 6.11. The average Bonchev–Trinajstić information content (AvgIpc) is 3.22. The van der Waals surface area contributed by atoms with Crippen LogP contribution in [-0.4, -0.2) is 32.8 Å². The van der Waals surface area contributed by atoms with Crippen molar-refractivity contribution in [3.63, 3.8) is 0 Å². The molecule has 0 radical (unpaired) electrons. The third-order valence-electron chi connectivity index (χ3n) is 6.02.